The minimum atomic E-state index is -0.296. The third kappa shape index (κ3) is 4.61. The van der Waals surface area contributed by atoms with Crippen LogP contribution in [0.4, 0.5) is 4.39 Å². The van der Waals surface area contributed by atoms with Gasteiger partial charge in [-0.3, -0.25) is 4.90 Å². The van der Waals surface area contributed by atoms with Crippen LogP contribution in [0.25, 0.3) is 0 Å². The summed E-state index contributed by atoms with van der Waals surface area (Å²) in [6, 6.07) is 4.76. The number of likely N-dealkylation sites (N-methyl/N-ethyl adjacent to an activating group) is 1. The Labute approximate surface area is 119 Å². The second-order valence-electron chi connectivity index (χ2n) is 5.14. The Morgan fingerprint density at radius 1 is 1.45 bits per heavy atom. The number of rotatable bonds is 4. The van der Waals surface area contributed by atoms with E-state index in [0.29, 0.717) is 18.2 Å². The highest BCUT2D eigenvalue weighted by molar-refractivity contribution is 5.37. The Morgan fingerprint density at radius 3 is 3.00 bits per heavy atom. The highest BCUT2D eigenvalue weighted by Gasteiger charge is 2.17. The average Bonchev–Trinajstić information content (AvgIpc) is 2.88. The van der Waals surface area contributed by atoms with Gasteiger partial charge in [-0.15, -0.1) is 0 Å². The second kappa shape index (κ2) is 7.39. The number of ether oxygens (including phenoxy) is 1. The molecule has 1 heterocycles. The van der Waals surface area contributed by atoms with E-state index in [9.17, 15) is 4.39 Å². The van der Waals surface area contributed by atoms with Gasteiger partial charge in [0.1, 0.15) is 12.4 Å². The molecule has 0 spiro atoms. The summed E-state index contributed by atoms with van der Waals surface area (Å²) in [5.74, 6) is 4.98. The van der Waals surface area contributed by atoms with Gasteiger partial charge in [-0.05, 0) is 43.7 Å². The summed E-state index contributed by atoms with van der Waals surface area (Å²) in [5, 5.41) is 8.68. The normalized spacial score (nSPS) is 18.1. The quantitative estimate of drug-likeness (QED) is 0.852. The fourth-order valence-electron chi connectivity index (χ4n) is 2.47. The van der Waals surface area contributed by atoms with Crippen molar-refractivity contribution < 1.29 is 14.2 Å². The SMILES string of the molecule is CN(Cc1cc(F)cc(C#CCO)c1)CC1CCCO1. The molecule has 3 nitrogen and oxygen atoms in total. The number of aliphatic hydroxyl groups excluding tert-OH is 1. The minimum Gasteiger partial charge on any atom is -0.384 e. The summed E-state index contributed by atoms with van der Waals surface area (Å²) in [5.41, 5.74) is 1.48. The second-order valence-corrected chi connectivity index (χ2v) is 5.14. The fraction of sp³-hybridized carbons (Fsp3) is 0.500. The van der Waals surface area contributed by atoms with Gasteiger partial charge in [0.2, 0.25) is 0 Å². The van der Waals surface area contributed by atoms with Crippen molar-refractivity contribution >= 4 is 0 Å². The molecular formula is C16H20FNO2. The summed E-state index contributed by atoms with van der Waals surface area (Å²) in [7, 11) is 2.01. The smallest absolute Gasteiger partial charge is 0.124 e. The molecule has 1 aliphatic rings. The third-order valence-electron chi connectivity index (χ3n) is 3.26. The Kier molecular flexibility index (Phi) is 5.54. The van der Waals surface area contributed by atoms with E-state index < -0.39 is 0 Å². The maximum atomic E-state index is 13.5. The lowest BCUT2D eigenvalue weighted by Crippen LogP contribution is -2.28. The molecule has 1 N–H and O–H groups in total. The van der Waals surface area contributed by atoms with Gasteiger partial charge in [0.15, 0.2) is 0 Å². The van der Waals surface area contributed by atoms with Crippen molar-refractivity contribution in [3.63, 3.8) is 0 Å². The van der Waals surface area contributed by atoms with E-state index in [1.807, 2.05) is 13.1 Å². The molecular weight excluding hydrogens is 257 g/mol. The number of aliphatic hydroxyl groups is 1. The third-order valence-corrected chi connectivity index (χ3v) is 3.26. The van der Waals surface area contributed by atoms with E-state index >= 15 is 0 Å². The van der Waals surface area contributed by atoms with Crippen molar-refractivity contribution in [1.82, 2.24) is 4.90 Å². The van der Waals surface area contributed by atoms with Crippen LogP contribution in [-0.2, 0) is 11.3 Å². The average molecular weight is 277 g/mol. The van der Waals surface area contributed by atoms with Crippen molar-refractivity contribution in [3.05, 3.63) is 35.1 Å². The van der Waals surface area contributed by atoms with Gasteiger partial charge < -0.3 is 9.84 Å². The van der Waals surface area contributed by atoms with Crippen molar-refractivity contribution in [2.45, 2.75) is 25.5 Å². The van der Waals surface area contributed by atoms with Crippen LogP contribution in [0.15, 0.2) is 18.2 Å². The molecule has 1 aliphatic heterocycles. The number of benzene rings is 1. The van der Waals surface area contributed by atoms with E-state index in [1.165, 1.54) is 12.1 Å². The van der Waals surface area contributed by atoms with Gasteiger partial charge >= 0.3 is 0 Å². The van der Waals surface area contributed by atoms with E-state index in [4.69, 9.17) is 9.84 Å². The van der Waals surface area contributed by atoms with E-state index in [2.05, 4.69) is 16.7 Å². The summed E-state index contributed by atoms with van der Waals surface area (Å²) >= 11 is 0. The lowest BCUT2D eigenvalue weighted by Gasteiger charge is -2.20. The number of halogens is 1. The van der Waals surface area contributed by atoms with Crippen LogP contribution in [0.3, 0.4) is 0 Å². The van der Waals surface area contributed by atoms with Gasteiger partial charge in [-0.2, -0.15) is 0 Å². The van der Waals surface area contributed by atoms with Crippen molar-refractivity contribution in [3.8, 4) is 11.8 Å². The zero-order valence-electron chi connectivity index (χ0n) is 11.7. The van der Waals surface area contributed by atoms with Gasteiger partial charge in [-0.25, -0.2) is 4.39 Å². The molecule has 2 rings (SSSR count). The van der Waals surface area contributed by atoms with Gasteiger partial charge in [0.25, 0.3) is 0 Å². The molecule has 1 aromatic carbocycles. The summed E-state index contributed by atoms with van der Waals surface area (Å²) in [6.45, 7) is 2.14. The molecule has 0 radical (unpaired) electrons. The zero-order chi connectivity index (χ0) is 14.4. The van der Waals surface area contributed by atoms with Crippen LogP contribution >= 0.6 is 0 Å². The molecule has 0 amide bonds. The van der Waals surface area contributed by atoms with Crippen LogP contribution in [-0.4, -0.2) is 42.9 Å². The molecule has 0 aliphatic carbocycles. The van der Waals surface area contributed by atoms with Gasteiger partial charge in [0.05, 0.1) is 6.10 Å². The van der Waals surface area contributed by atoms with E-state index in [1.54, 1.807) is 0 Å². The van der Waals surface area contributed by atoms with Crippen LogP contribution in [0.5, 0.6) is 0 Å². The highest BCUT2D eigenvalue weighted by atomic mass is 19.1. The summed E-state index contributed by atoms with van der Waals surface area (Å²) in [4.78, 5) is 2.13. The first-order valence-corrected chi connectivity index (χ1v) is 6.86. The molecule has 0 aromatic heterocycles. The standard InChI is InChI=1S/C16H20FNO2/c1-18(12-16-5-3-7-20-16)11-14-8-13(4-2-6-19)9-15(17)10-14/h8-10,16,19H,3,5-7,11-12H2,1H3. The zero-order valence-corrected chi connectivity index (χ0v) is 11.7. The monoisotopic (exact) mass is 277 g/mol. The first-order chi connectivity index (χ1) is 9.67. The first-order valence-electron chi connectivity index (χ1n) is 6.86. The molecule has 1 aromatic rings. The van der Waals surface area contributed by atoms with Crippen LogP contribution < -0.4 is 0 Å². The molecule has 1 saturated heterocycles. The predicted octanol–water partition coefficient (Wildman–Crippen LogP) is 1.78. The minimum absolute atomic E-state index is 0.217. The van der Waals surface area contributed by atoms with E-state index in [-0.39, 0.29) is 12.4 Å². The molecule has 4 heteroatoms. The van der Waals surface area contributed by atoms with Crippen LogP contribution in [0.2, 0.25) is 0 Å². The fourth-order valence-corrected chi connectivity index (χ4v) is 2.47. The molecule has 1 unspecified atom stereocenters. The highest BCUT2D eigenvalue weighted by Crippen LogP contribution is 2.15. The molecule has 1 fully saturated rings. The molecule has 0 saturated carbocycles. The Morgan fingerprint density at radius 2 is 2.30 bits per heavy atom. The topological polar surface area (TPSA) is 32.7 Å². The van der Waals surface area contributed by atoms with Crippen molar-refractivity contribution in [1.29, 1.82) is 0 Å². The lowest BCUT2D eigenvalue weighted by molar-refractivity contribution is 0.0793. The molecule has 1 atom stereocenters. The van der Waals surface area contributed by atoms with Crippen LogP contribution in [0.1, 0.15) is 24.0 Å². The lowest BCUT2D eigenvalue weighted by atomic mass is 10.1. The first kappa shape index (κ1) is 15.0. The Balaban J connectivity index is 1.98. The number of hydrogen-bond donors (Lipinski definition) is 1. The molecule has 108 valence electrons. The number of nitrogens with zero attached hydrogens (tertiary/aromatic N) is 1. The maximum absolute atomic E-state index is 13.5. The van der Waals surface area contributed by atoms with Crippen molar-refractivity contribution in [2.24, 2.45) is 0 Å². The summed E-state index contributed by atoms with van der Waals surface area (Å²) < 4.78 is 19.1. The Hall–Kier alpha value is -1.41. The summed E-state index contributed by atoms with van der Waals surface area (Å²) in [6.07, 6.45) is 2.52. The van der Waals surface area contributed by atoms with Crippen LogP contribution in [0, 0.1) is 17.7 Å². The van der Waals surface area contributed by atoms with E-state index in [0.717, 1.165) is 31.6 Å². The van der Waals surface area contributed by atoms with Gasteiger partial charge in [0, 0.05) is 25.3 Å². The Bertz CT molecular complexity index is 501. The maximum Gasteiger partial charge on any atom is 0.124 e. The van der Waals surface area contributed by atoms with Crippen molar-refractivity contribution in [2.75, 3.05) is 26.8 Å². The number of hydrogen-bond acceptors (Lipinski definition) is 3. The molecule has 0 bridgehead atoms. The largest absolute Gasteiger partial charge is 0.384 e. The van der Waals surface area contributed by atoms with Gasteiger partial charge in [-0.1, -0.05) is 11.8 Å². The molecule has 20 heavy (non-hydrogen) atoms. The predicted molar refractivity (Wildman–Crippen MR) is 75.7 cm³/mol.